The third kappa shape index (κ3) is 4.26. The number of piperidine rings is 1. The van der Waals surface area contributed by atoms with Gasteiger partial charge in [-0.25, -0.2) is 0 Å². The molecule has 2 rings (SSSR count). The minimum Gasteiger partial charge on any atom is -0.351 e. The summed E-state index contributed by atoms with van der Waals surface area (Å²) in [4.78, 5) is 22.4. The van der Waals surface area contributed by atoms with Gasteiger partial charge in [0.2, 0.25) is 5.91 Å². The van der Waals surface area contributed by atoms with Crippen LogP contribution < -0.4 is 10.6 Å². The lowest BCUT2D eigenvalue weighted by atomic mass is 9.90. The Morgan fingerprint density at radius 1 is 1.52 bits per heavy atom. The van der Waals surface area contributed by atoms with E-state index in [9.17, 15) is 14.9 Å². The molecule has 1 aromatic carbocycles. The number of rotatable bonds is 5. The van der Waals surface area contributed by atoms with Crippen molar-refractivity contribution in [1.82, 2.24) is 10.6 Å². The Bertz CT molecular complexity index is 519. The van der Waals surface area contributed by atoms with Crippen LogP contribution in [0.5, 0.6) is 0 Å². The molecule has 0 bridgehead atoms. The number of nitrogens with zero attached hydrogens (tertiary/aromatic N) is 1. The number of nitrogens with one attached hydrogen (secondary N) is 2. The minimum absolute atomic E-state index is 0.0281. The van der Waals surface area contributed by atoms with Gasteiger partial charge in [-0.05, 0) is 30.9 Å². The van der Waals surface area contributed by atoms with Crippen molar-refractivity contribution in [2.24, 2.45) is 5.92 Å². The molecule has 6 nitrogen and oxygen atoms in total. The van der Waals surface area contributed by atoms with Gasteiger partial charge in [-0.3, -0.25) is 14.9 Å². The normalized spacial score (nSPS) is 21.8. The average Bonchev–Trinajstić information content (AvgIpc) is 2.53. The SMILES string of the molecule is CCC1CCNC(C(=O)NCc2cccc([N+](=O)[O-])c2)C1. The number of benzene rings is 1. The molecule has 2 N–H and O–H groups in total. The Balaban J connectivity index is 1.89. The molecule has 0 aliphatic carbocycles. The zero-order valence-electron chi connectivity index (χ0n) is 12.2. The van der Waals surface area contributed by atoms with E-state index in [-0.39, 0.29) is 17.6 Å². The molecule has 0 saturated carbocycles. The van der Waals surface area contributed by atoms with Crippen molar-refractivity contribution in [3.8, 4) is 0 Å². The molecule has 0 spiro atoms. The van der Waals surface area contributed by atoms with E-state index in [4.69, 9.17) is 0 Å². The van der Waals surface area contributed by atoms with Crippen molar-refractivity contribution in [3.63, 3.8) is 0 Å². The molecule has 2 unspecified atom stereocenters. The van der Waals surface area contributed by atoms with Crippen LogP contribution in [0, 0.1) is 16.0 Å². The summed E-state index contributed by atoms with van der Waals surface area (Å²) in [6, 6.07) is 6.19. The molecule has 2 atom stereocenters. The van der Waals surface area contributed by atoms with Gasteiger partial charge >= 0.3 is 0 Å². The van der Waals surface area contributed by atoms with Gasteiger partial charge in [0.1, 0.15) is 0 Å². The Labute approximate surface area is 124 Å². The van der Waals surface area contributed by atoms with Crippen LogP contribution in [0.25, 0.3) is 0 Å². The van der Waals surface area contributed by atoms with E-state index in [1.165, 1.54) is 12.1 Å². The van der Waals surface area contributed by atoms with Crippen LogP contribution >= 0.6 is 0 Å². The Morgan fingerprint density at radius 3 is 3.05 bits per heavy atom. The largest absolute Gasteiger partial charge is 0.351 e. The lowest BCUT2D eigenvalue weighted by molar-refractivity contribution is -0.384. The molecular formula is C15H21N3O3. The molecule has 0 aromatic heterocycles. The summed E-state index contributed by atoms with van der Waals surface area (Å²) in [5, 5.41) is 16.8. The highest BCUT2D eigenvalue weighted by atomic mass is 16.6. The van der Waals surface area contributed by atoms with Crippen LogP contribution in [0.3, 0.4) is 0 Å². The summed E-state index contributed by atoms with van der Waals surface area (Å²) < 4.78 is 0. The molecule has 1 amide bonds. The number of hydrogen-bond acceptors (Lipinski definition) is 4. The van der Waals surface area contributed by atoms with E-state index < -0.39 is 4.92 Å². The first kappa shape index (κ1) is 15.4. The zero-order chi connectivity index (χ0) is 15.2. The van der Waals surface area contributed by atoms with Crippen molar-refractivity contribution in [3.05, 3.63) is 39.9 Å². The lowest BCUT2D eigenvalue weighted by Crippen LogP contribution is -2.48. The Morgan fingerprint density at radius 2 is 2.33 bits per heavy atom. The summed E-state index contributed by atoms with van der Waals surface area (Å²) in [5.74, 6) is 0.569. The van der Waals surface area contributed by atoms with Crippen molar-refractivity contribution < 1.29 is 9.72 Å². The first-order valence-electron chi connectivity index (χ1n) is 7.34. The Kier molecular flexibility index (Phi) is 5.27. The van der Waals surface area contributed by atoms with Gasteiger partial charge in [-0.15, -0.1) is 0 Å². The highest BCUT2D eigenvalue weighted by Crippen LogP contribution is 2.19. The molecular weight excluding hydrogens is 270 g/mol. The fourth-order valence-corrected chi connectivity index (χ4v) is 2.66. The summed E-state index contributed by atoms with van der Waals surface area (Å²) in [7, 11) is 0. The highest BCUT2D eigenvalue weighted by Gasteiger charge is 2.25. The second-order valence-corrected chi connectivity index (χ2v) is 5.45. The Hall–Kier alpha value is -1.95. The van der Waals surface area contributed by atoms with Crippen molar-refractivity contribution in [2.75, 3.05) is 6.54 Å². The second kappa shape index (κ2) is 7.17. The van der Waals surface area contributed by atoms with Gasteiger partial charge < -0.3 is 10.6 Å². The first-order valence-corrected chi connectivity index (χ1v) is 7.34. The van der Waals surface area contributed by atoms with Crippen molar-refractivity contribution >= 4 is 11.6 Å². The van der Waals surface area contributed by atoms with Crippen LogP contribution in [-0.2, 0) is 11.3 Å². The second-order valence-electron chi connectivity index (χ2n) is 5.45. The van der Waals surface area contributed by atoms with E-state index >= 15 is 0 Å². The third-order valence-corrected chi connectivity index (χ3v) is 3.99. The van der Waals surface area contributed by atoms with Crippen LogP contribution in [0.4, 0.5) is 5.69 Å². The number of hydrogen-bond donors (Lipinski definition) is 2. The van der Waals surface area contributed by atoms with Crippen LogP contribution in [-0.4, -0.2) is 23.4 Å². The summed E-state index contributed by atoms with van der Waals surface area (Å²) in [6.45, 7) is 3.33. The molecule has 1 heterocycles. The van der Waals surface area contributed by atoms with E-state index in [1.54, 1.807) is 12.1 Å². The number of carbonyl (C=O) groups is 1. The number of carbonyl (C=O) groups excluding carboxylic acids is 1. The van der Waals surface area contributed by atoms with Crippen LogP contribution in [0.15, 0.2) is 24.3 Å². The van der Waals surface area contributed by atoms with E-state index in [0.717, 1.165) is 31.4 Å². The fraction of sp³-hybridized carbons (Fsp3) is 0.533. The van der Waals surface area contributed by atoms with Gasteiger partial charge in [0.15, 0.2) is 0 Å². The van der Waals surface area contributed by atoms with Crippen LogP contribution in [0.2, 0.25) is 0 Å². The monoisotopic (exact) mass is 291 g/mol. The number of amides is 1. The summed E-state index contributed by atoms with van der Waals surface area (Å²) in [6.07, 6.45) is 3.07. The molecule has 1 aromatic rings. The smallest absolute Gasteiger partial charge is 0.269 e. The standard InChI is InChI=1S/C15H21N3O3/c1-2-11-6-7-16-14(9-11)15(19)17-10-12-4-3-5-13(8-12)18(20)21/h3-5,8,11,14,16H,2,6-7,9-10H2,1H3,(H,17,19). The molecule has 1 saturated heterocycles. The van der Waals surface area contributed by atoms with E-state index in [1.807, 2.05) is 0 Å². The number of non-ortho nitro benzene ring substituents is 1. The quantitative estimate of drug-likeness (QED) is 0.642. The molecule has 21 heavy (non-hydrogen) atoms. The molecule has 6 heteroatoms. The van der Waals surface area contributed by atoms with Crippen LogP contribution in [0.1, 0.15) is 31.7 Å². The van der Waals surface area contributed by atoms with E-state index in [0.29, 0.717) is 12.5 Å². The van der Waals surface area contributed by atoms with Gasteiger partial charge in [0.05, 0.1) is 11.0 Å². The molecule has 0 radical (unpaired) electrons. The predicted molar refractivity (Wildman–Crippen MR) is 79.7 cm³/mol. The van der Waals surface area contributed by atoms with Gasteiger partial charge in [0, 0.05) is 18.7 Å². The van der Waals surface area contributed by atoms with Gasteiger partial charge in [-0.2, -0.15) is 0 Å². The maximum atomic E-state index is 12.1. The number of nitro groups is 1. The van der Waals surface area contributed by atoms with Crippen molar-refractivity contribution in [1.29, 1.82) is 0 Å². The number of nitro benzene ring substituents is 1. The van der Waals surface area contributed by atoms with Crippen molar-refractivity contribution in [2.45, 2.75) is 38.8 Å². The van der Waals surface area contributed by atoms with Gasteiger partial charge in [-0.1, -0.05) is 25.5 Å². The lowest BCUT2D eigenvalue weighted by Gasteiger charge is -2.28. The average molecular weight is 291 g/mol. The fourth-order valence-electron chi connectivity index (χ4n) is 2.66. The summed E-state index contributed by atoms with van der Waals surface area (Å²) in [5.41, 5.74) is 0.781. The third-order valence-electron chi connectivity index (χ3n) is 3.99. The molecule has 1 aliphatic rings. The molecule has 1 aliphatic heterocycles. The van der Waals surface area contributed by atoms with E-state index in [2.05, 4.69) is 17.6 Å². The highest BCUT2D eigenvalue weighted by molar-refractivity contribution is 5.81. The topological polar surface area (TPSA) is 84.3 Å². The predicted octanol–water partition coefficient (Wildman–Crippen LogP) is 1.99. The first-order chi connectivity index (χ1) is 10.1. The maximum Gasteiger partial charge on any atom is 0.269 e. The molecule has 114 valence electrons. The maximum absolute atomic E-state index is 12.1. The zero-order valence-corrected chi connectivity index (χ0v) is 12.2. The summed E-state index contributed by atoms with van der Waals surface area (Å²) >= 11 is 0. The molecule has 1 fully saturated rings. The minimum atomic E-state index is -0.431. The van der Waals surface area contributed by atoms with Gasteiger partial charge in [0.25, 0.3) is 5.69 Å².